The van der Waals surface area contributed by atoms with Crippen LogP contribution in [0.2, 0.25) is 0 Å². The molecule has 14 heteroatoms. The summed E-state index contributed by atoms with van der Waals surface area (Å²) < 4.78 is 89.2. The van der Waals surface area contributed by atoms with Crippen molar-refractivity contribution in [3.63, 3.8) is 0 Å². The molecule has 0 heterocycles. The number of phenolic OH excluding ortho intramolecular Hbond substituents is 1. The number of benzene rings is 3. The van der Waals surface area contributed by atoms with Crippen molar-refractivity contribution in [3.05, 3.63) is 65.7 Å². The minimum Gasteiger partial charge on any atom is -0.506 e. The molecule has 0 saturated carbocycles. The predicted molar refractivity (Wildman–Crippen MR) is 122 cm³/mol. The summed E-state index contributed by atoms with van der Waals surface area (Å²) in [6, 6.07) is 10.3. The number of hydrogen-bond acceptors (Lipinski definition) is 9. The third-order valence-corrected chi connectivity index (χ3v) is 7.52. The Kier molecular flexibility index (Phi) is 5.87. The average molecular weight is 523 g/mol. The van der Waals surface area contributed by atoms with Crippen LogP contribution in [0.15, 0.2) is 74.6 Å². The Balaban J connectivity index is 1.96. The fraction of sp³-hybridized carbons (Fsp3) is 0.0500. The minimum absolute atomic E-state index is 0.0248. The maximum atomic E-state index is 12.0. The molecule has 1 aliphatic carbocycles. The summed E-state index contributed by atoms with van der Waals surface area (Å²) in [4.78, 5) is -1.56. The highest BCUT2D eigenvalue weighted by Crippen LogP contribution is 2.41. The molecule has 0 fully saturated rings. The van der Waals surface area contributed by atoms with Crippen LogP contribution in [-0.4, -0.2) is 44.3 Å². The second-order valence-corrected chi connectivity index (χ2v) is 10.9. The number of nitrogens with zero attached hydrogens (tertiary/aromatic N) is 2. The standard InChI is InChI=1S/C20H14N2O9S3/c23-16-7-5-11-9-12(33(26,27)28)10-18(34(29,30)31)19(11)20(16)22-21-15-6-8-17(32(24)25)14-4-2-1-3-13(14)15/h1-7,9-10,23H,8H2,(H,26,27,28)(H,29,30,31). The van der Waals surface area contributed by atoms with Crippen LogP contribution in [0.5, 0.6) is 5.75 Å². The van der Waals surface area contributed by atoms with E-state index in [4.69, 9.17) is 0 Å². The largest absolute Gasteiger partial charge is 0.506 e. The van der Waals surface area contributed by atoms with Crippen LogP contribution in [-0.2, 0) is 30.5 Å². The van der Waals surface area contributed by atoms with Gasteiger partial charge in [-0.15, -0.1) is 5.11 Å². The normalized spacial score (nSPS) is 14.3. The van der Waals surface area contributed by atoms with Gasteiger partial charge in [-0.25, -0.2) is 0 Å². The van der Waals surface area contributed by atoms with Gasteiger partial charge in [-0.05, 0) is 23.6 Å². The van der Waals surface area contributed by atoms with Crippen molar-refractivity contribution in [2.75, 3.05) is 0 Å². The SMILES string of the molecule is O=S(=O)=C1CC=C(N=Nc2c(O)ccc3cc(S(=O)(=O)O)cc(S(=O)(=O)O)c23)c2ccccc21. The molecule has 0 aromatic heterocycles. The third-order valence-electron chi connectivity index (χ3n) is 5.03. The third kappa shape index (κ3) is 4.36. The molecule has 176 valence electrons. The maximum absolute atomic E-state index is 12.0. The predicted octanol–water partition coefficient (Wildman–Crippen LogP) is 2.97. The number of azo groups is 1. The molecule has 0 unspecified atom stereocenters. The lowest BCUT2D eigenvalue weighted by Crippen LogP contribution is -2.09. The summed E-state index contributed by atoms with van der Waals surface area (Å²) in [6.07, 6.45) is 1.51. The summed E-state index contributed by atoms with van der Waals surface area (Å²) in [5, 5.41) is 18.0. The van der Waals surface area contributed by atoms with Crippen molar-refractivity contribution in [2.24, 2.45) is 10.2 Å². The Morgan fingerprint density at radius 2 is 1.53 bits per heavy atom. The van der Waals surface area contributed by atoms with E-state index in [9.17, 15) is 39.5 Å². The summed E-state index contributed by atoms with van der Waals surface area (Å²) >= 11 is 0. The highest BCUT2D eigenvalue weighted by Gasteiger charge is 2.24. The smallest absolute Gasteiger partial charge is 0.295 e. The molecule has 3 aromatic carbocycles. The van der Waals surface area contributed by atoms with E-state index in [0.29, 0.717) is 17.2 Å². The van der Waals surface area contributed by atoms with E-state index in [1.807, 2.05) is 0 Å². The van der Waals surface area contributed by atoms with Crippen molar-refractivity contribution in [3.8, 4) is 5.75 Å². The quantitative estimate of drug-likeness (QED) is 0.263. The molecule has 0 amide bonds. The fourth-order valence-electron chi connectivity index (χ4n) is 3.54. The number of phenols is 1. The summed E-state index contributed by atoms with van der Waals surface area (Å²) in [5.41, 5.74) is 0.683. The van der Waals surface area contributed by atoms with Gasteiger partial charge in [0, 0.05) is 22.9 Å². The molecule has 0 saturated heterocycles. The number of fused-ring (bicyclic) bond motifs is 2. The molecule has 34 heavy (non-hydrogen) atoms. The van der Waals surface area contributed by atoms with E-state index in [1.165, 1.54) is 12.1 Å². The van der Waals surface area contributed by atoms with Gasteiger partial charge in [-0.3, -0.25) is 9.11 Å². The van der Waals surface area contributed by atoms with E-state index >= 15 is 0 Å². The Hall–Kier alpha value is -3.43. The molecule has 0 spiro atoms. The summed E-state index contributed by atoms with van der Waals surface area (Å²) in [5.74, 6) is -0.529. The van der Waals surface area contributed by atoms with Crippen LogP contribution < -0.4 is 0 Å². The molecule has 0 radical (unpaired) electrons. The summed E-state index contributed by atoms with van der Waals surface area (Å²) in [7, 11) is -12.3. The molecular formula is C20H14N2O9S3. The van der Waals surface area contributed by atoms with E-state index in [-0.39, 0.29) is 27.8 Å². The molecule has 3 aromatic rings. The first-order chi connectivity index (χ1) is 15.9. The number of hydrogen-bond donors (Lipinski definition) is 3. The topological polar surface area (TPSA) is 188 Å². The Bertz CT molecular complexity index is 1780. The van der Waals surface area contributed by atoms with Crippen LogP contribution in [0.4, 0.5) is 5.69 Å². The molecule has 0 aliphatic heterocycles. The number of aromatic hydroxyl groups is 1. The molecular weight excluding hydrogens is 508 g/mol. The van der Waals surface area contributed by atoms with Crippen molar-refractivity contribution < 1.29 is 39.5 Å². The first-order valence-corrected chi connectivity index (χ1v) is 13.2. The first kappa shape index (κ1) is 23.7. The maximum Gasteiger partial charge on any atom is 0.295 e. The minimum atomic E-state index is -5.03. The first-order valence-electron chi connectivity index (χ1n) is 9.29. The number of rotatable bonds is 4. The number of allylic oxidation sites excluding steroid dienone is 1. The van der Waals surface area contributed by atoms with Gasteiger partial charge >= 0.3 is 0 Å². The van der Waals surface area contributed by atoms with Crippen LogP contribution in [0.1, 0.15) is 17.5 Å². The highest BCUT2D eigenvalue weighted by molar-refractivity contribution is 7.86. The van der Waals surface area contributed by atoms with Gasteiger partial charge in [0.05, 0.1) is 15.5 Å². The average Bonchev–Trinajstić information content (AvgIpc) is 2.76. The van der Waals surface area contributed by atoms with Gasteiger partial charge in [0.25, 0.3) is 20.2 Å². The molecule has 0 bridgehead atoms. The van der Waals surface area contributed by atoms with E-state index in [1.54, 1.807) is 24.3 Å². The van der Waals surface area contributed by atoms with E-state index in [2.05, 4.69) is 10.2 Å². The van der Waals surface area contributed by atoms with E-state index < -0.39 is 51.8 Å². The van der Waals surface area contributed by atoms with Crippen molar-refractivity contribution in [2.45, 2.75) is 16.2 Å². The van der Waals surface area contributed by atoms with E-state index in [0.717, 1.165) is 12.1 Å². The Morgan fingerprint density at radius 1 is 0.853 bits per heavy atom. The van der Waals surface area contributed by atoms with Crippen molar-refractivity contribution in [1.82, 2.24) is 0 Å². The highest BCUT2D eigenvalue weighted by atomic mass is 32.2. The summed E-state index contributed by atoms with van der Waals surface area (Å²) in [6.45, 7) is 0. The second-order valence-electron chi connectivity index (χ2n) is 7.10. The monoisotopic (exact) mass is 522 g/mol. The van der Waals surface area contributed by atoms with Gasteiger partial charge < -0.3 is 5.11 Å². The fourth-order valence-corrected chi connectivity index (χ4v) is 5.48. The Morgan fingerprint density at radius 3 is 2.15 bits per heavy atom. The molecule has 1 aliphatic rings. The van der Waals surface area contributed by atoms with Gasteiger partial charge in [0.2, 0.25) is 10.3 Å². The second kappa shape index (κ2) is 8.41. The lowest BCUT2D eigenvalue weighted by atomic mass is 9.95. The van der Waals surface area contributed by atoms with Crippen LogP contribution in [0.3, 0.4) is 0 Å². The van der Waals surface area contributed by atoms with Crippen LogP contribution in [0.25, 0.3) is 16.5 Å². The Labute approximate surface area is 194 Å². The van der Waals surface area contributed by atoms with Gasteiger partial charge in [0.1, 0.15) is 16.3 Å². The zero-order chi connectivity index (χ0) is 24.8. The van der Waals surface area contributed by atoms with Gasteiger partial charge in [-0.1, -0.05) is 36.4 Å². The van der Waals surface area contributed by atoms with Crippen LogP contribution >= 0.6 is 0 Å². The molecule has 11 nitrogen and oxygen atoms in total. The lowest BCUT2D eigenvalue weighted by Gasteiger charge is -2.14. The van der Waals surface area contributed by atoms with Crippen molar-refractivity contribution >= 4 is 57.6 Å². The molecule has 0 atom stereocenters. The zero-order valence-electron chi connectivity index (χ0n) is 16.8. The van der Waals surface area contributed by atoms with Gasteiger partial charge in [0.15, 0.2) is 0 Å². The molecule has 3 N–H and O–H groups in total. The molecule has 4 rings (SSSR count). The van der Waals surface area contributed by atoms with Gasteiger partial charge in [-0.2, -0.15) is 30.4 Å². The zero-order valence-corrected chi connectivity index (χ0v) is 19.3. The lowest BCUT2D eigenvalue weighted by molar-refractivity contribution is 0.477. The van der Waals surface area contributed by atoms with Crippen molar-refractivity contribution in [1.29, 1.82) is 0 Å². The van der Waals surface area contributed by atoms with Crippen LogP contribution in [0, 0.1) is 0 Å².